The van der Waals surface area contributed by atoms with Gasteiger partial charge in [-0.2, -0.15) is 0 Å². The zero-order valence-electron chi connectivity index (χ0n) is 21.8. The number of halogens is 1. The molecular weight excluding hydrogens is 526 g/mol. The van der Waals surface area contributed by atoms with E-state index in [9.17, 15) is 18.0 Å². The van der Waals surface area contributed by atoms with Crippen molar-refractivity contribution in [2.24, 2.45) is 0 Å². The Hall–Kier alpha value is -3.56. The lowest BCUT2D eigenvalue weighted by atomic mass is 10.1. The maximum atomic E-state index is 13.9. The van der Waals surface area contributed by atoms with Crippen LogP contribution in [0.15, 0.2) is 77.7 Å². The summed E-state index contributed by atoms with van der Waals surface area (Å²) in [6.45, 7) is 5.18. The smallest absolute Gasteiger partial charge is 0.264 e. The lowest BCUT2D eigenvalue weighted by Gasteiger charge is -2.32. The van der Waals surface area contributed by atoms with Crippen molar-refractivity contribution in [3.05, 3.63) is 88.9 Å². The van der Waals surface area contributed by atoms with E-state index in [0.29, 0.717) is 6.54 Å². The fourth-order valence-electron chi connectivity index (χ4n) is 3.89. The highest BCUT2D eigenvalue weighted by atomic mass is 35.5. The Kier molecular flexibility index (Phi) is 9.77. The Balaban J connectivity index is 2.09. The van der Waals surface area contributed by atoms with Crippen molar-refractivity contribution >= 4 is 39.1 Å². The lowest BCUT2D eigenvalue weighted by molar-refractivity contribution is -0.139. The van der Waals surface area contributed by atoms with Gasteiger partial charge in [-0.05, 0) is 56.7 Å². The van der Waals surface area contributed by atoms with Crippen molar-refractivity contribution in [1.82, 2.24) is 10.2 Å². The van der Waals surface area contributed by atoms with Gasteiger partial charge in [0.1, 0.15) is 18.3 Å². The molecule has 0 aliphatic carbocycles. The molecule has 0 heterocycles. The molecule has 0 unspecified atom stereocenters. The maximum absolute atomic E-state index is 13.9. The first kappa shape index (κ1) is 29.0. The highest BCUT2D eigenvalue weighted by Gasteiger charge is 2.33. The number of amides is 2. The number of aryl methyl sites for hydroxylation is 1. The molecule has 1 atom stereocenters. The molecule has 0 aliphatic rings. The number of hydrogen-bond donors (Lipinski definition) is 1. The van der Waals surface area contributed by atoms with Gasteiger partial charge in [-0.1, -0.05) is 59.6 Å². The monoisotopic (exact) mass is 557 g/mol. The highest BCUT2D eigenvalue weighted by molar-refractivity contribution is 7.92. The molecule has 3 aromatic rings. The van der Waals surface area contributed by atoms with Crippen molar-refractivity contribution in [1.29, 1.82) is 0 Å². The quantitative estimate of drug-likeness (QED) is 0.377. The number of carbonyl (C=O) groups excluding carboxylic acids is 2. The summed E-state index contributed by atoms with van der Waals surface area (Å²) < 4.78 is 34.3. The van der Waals surface area contributed by atoms with Crippen LogP contribution in [0, 0.1) is 6.92 Å². The summed E-state index contributed by atoms with van der Waals surface area (Å²) >= 11 is 6.24. The van der Waals surface area contributed by atoms with Crippen LogP contribution in [0.25, 0.3) is 0 Å². The standard InChI is InChI=1S/C28H32ClN3O5S/c1-5-30-28(34)21(3)31(18-22-9-7-6-8-10-22)27(33)19-32(25-17-23(29)13-16-26(25)37-4)38(35,36)24-14-11-20(2)12-15-24/h6-17,21H,5,18-19H2,1-4H3,(H,30,34)/t21-/m1/s1. The second-order valence-corrected chi connectivity index (χ2v) is 11.0. The van der Waals surface area contributed by atoms with Crippen LogP contribution in [0.2, 0.25) is 5.02 Å². The van der Waals surface area contributed by atoms with Gasteiger partial charge in [0.05, 0.1) is 17.7 Å². The summed E-state index contributed by atoms with van der Waals surface area (Å²) in [5.41, 5.74) is 1.79. The Bertz CT molecular complexity index is 1360. The number of ether oxygens (including phenoxy) is 1. The number of likely N-dealkylation sites (N-methyl/N-ethyl adjacent to an activating group) is 1. The molecule has 3 aromatic carbocycles. The molecular formula is C28H32ClN3O5S. The number of carbonyl (C=O) groups is 2. The number of nitrogens with zero attached hydrogens (tertiary/aromatic N) is 2. The highest BCUT2D eigenvalue weighted by Crippen LogP contribution is 2.35. The van der Waals surface area contributed by atoms with E-state index in [2.05, 4.69) is 5.32 Å². The van der Waals surface area contributed by atoms with Crippen LogP contribution in [0.4, 0.5) is 5.69 Å². The average Bonchev–Trinajstić information content (AvgIpc) is 2.90. The predicted molar refractivity (Wildman–Crippen MR) is 149 cm³/mol. The van der Waals surface area contributed by atoms with Crippen LogP contribution >= 0.6 is 11.6 Å². The first-order valence-corrected chi connectivity index (χ1v) is 13.9. The number of anilines is 1. The van der Waals surface area contributed by atoms with Gasteiger partial charge in [0, 0.05) is 18.1 Å². The molecule has 38 heavy (non-hydrogen) atoms. The van der Waals surface area contributed by atoms with E-state index in [1.807, 2.05) is 37.3 Å². The molecule has 0 bridgehead atoms. The minimum absolute atomic E-state index is 0.00399. The summed E-state index contributed by atoms with van der Waals surface area (Å²) in [4.78, 5) is 28.0. The fourth-order valence-corrected chi connectivity index (χ4v) is 5.48. The Morgan fingerprint density at radius 1 is 1.03 bits per heavy atom. The van der Waals surface area contributed by atoms with Gasteiger partial charge in [-0.3, -0.25) is 13.9 Å². The van der Waals surface area contributed by atoms with E-state index in [1.54, 1.807) is 38.1 Å². The van der Waals surface area contributed by atoms with E-state index >= 15 is 0 Å². The molecule has 0 radical (unpaired) electrons. The van der Waals surface area contributed by atoms with E-state index in [4.69, 9.17) is 16.3 Å². The number of nitrogens with one attached hydrogen (secondary N) is 1. The Labute approximate surface area is 229 Å². The second-order valence-electron chi connectivity index (χ2n) is 8.72. The minimum atomic E-state index is -4.23. The van der Waals surface area contributed by atoms with Gasteiger partial charge in [-0.15, -0.1) is 0 Å². The second kappa shape index (κ2) is 12.8. The summed E-state index contributed by atoms with van der Waals surface area (Å²) in [6.07, 6.45) is 0. The van der Waals surface area contributed by atoms with Gasteiger partial charge >= 0.3 is 0 Å². The third-order valence-corrected chi connectivity index (χ3v) is 8.02. The van der Waals surface area contributed by atoms with Crippen LogP contribution in [0.1, 0.15) is 25.0 Å². The number of hydrogen-bond acceptors (Lipinski definition) is 5. The van der Waals surface area contributed by atoms with E-state index in [-0.39, 0.29) is 33.8 Å². The first-order valence-electron chi connectivity index (χ1n) is 12.1. The van der Waals surface area contributed by atoms with E-state index in [1.165, 1.54) is 30.2 Å². The van der Waals surface area contributed by atoms with Crippen molar-refractivity contribution in [3.63, 3.8) is 0 Å². The maximum Gasteiger partial charge on any atom is 0.264 e. The summed E-state index contributed by atoms with van der Waals surface area (Å²) in [5, 5.41) is 3.01. The minimum Gasteiger partial charge on any atom is -0.495 e. The molecule has 202 valence electrons. The molecule has 0 fully saturated rings. The number of benzene rings is 3. The molecule has 0 saturated heterocycles. The SMILES string of the molecule is CCNC(=O)[C@@H](C)N(Cc1ccccc1)C(=O)CN(c1cc(Cl)ccc1OC)S(=O)(=O)c1ccc(C)cc1. The van der Waals surface area contributed by atoms with Crippen molar-refractivity contribution in [3.8, 4) is 5.75 Å². The van der Waals surface area contributed by atoms with Gasteiger partial charge in [0.25, 0.3) is 10.0 Å². The third-order valence-electron chi connectivity index (χ3n) is 6.01. The average molecular weight is 558 g/mol. The molecule has 0 saturated carbocycles. The predicted octanol–water partition coefficient (Wildman–Crippen LogP) is 4.41. The lowest BCUT2D eigenvalue weighted by Crippen LogP contribution is -2.51. The van der Waals surface area contributed by atoms with Gasteiger partial charge in [0.15, 0.2) is 0 Å². The fraction of sp³-hybridized carbons (Fsp3) is 0.286. The molecule has 1 N–H and O–H groups in total. The van der Waals surface area contributed by atoms with Crippen LogP contribution in [0.3, 0.4) is 0 Å². The number of sulfonamides is 1. The van der Waals surface area contributed by atoms with Crippen molar-refractivity contribution in [2.75, 3.05) is 24.5 Å². The van der Waals surface area contributed by atoms with E-state index < -0.39 is 28.5 Å². The van der Waals surface area contributed by atoms with Crippen LogP contribution < -0.4 is 14.4 Å². The topological polar surface area (TPSA) is 96.0 Å². The van der Waals surface area contributed by atoms with E-state index in [0.717, 1.165) is 15.4 Å². The van der Waals surface area contributed by atoms with Crippen molar-refractivity contribution < 1.29 is 22.7 Å². The summed E-state index contributed by atoms with van der Waals surface area (Å²) in [7, 11) is -2.82. The van der Waals surface area contributed by atoms with Crippen LogP contribution in [-0.4, -0.2) is 51.4 Å². The van der Waals surface area contributed by atoms with Gasteiger partial charge in [-0.25, -0.2) is 8.42 Å². The molecule has 3 rings (SSSR count). The molecule has 0 aromatic heterocycles. The summed E-state index contributed by atoms with van der Waals surface area (Å²) in [6, 6.07) is 19.2. The molecule has 0 aliphatic heterocycles. The normalized spacial score (nSPS) is 11.9. The third kappa shape index (κ3) is 6.85. The summed E-state index contributed by atoms with van der Waals surface area (Å²) in [5.74, 6) is -0.681. The molecule has 0 spiro atoms. The zero-order valence-corrected chi connectivity index (χ0v) is 23.4. The van der Waals surface area contributed by atoms with Crippen molar-refractivity contribution in [2.45, 2.75) is 38.3 Å². The largest absolute Gasteiger partial charge is 0.495 e. The van der Waals surface area contributed by atoms with Gasteiger partial charge < -0.3 is 15.0 Å². The Morgan fingerprint density at radius 2 is 1.68 bits per heavy atom. The molecule has 8 nitrogen and oxygen atoms in total. The van der Waals surface area contributed by atoms with Gasteiger partial charge in [0.2, 0.25) is 11.8 Å². The molecule has 10 heteroatoms. The van der Waals surface area contributed by atoms with Crippen LogP contribution in [-0.2, 0) is 26.2 Å². The number of methoxy groups -OCH3 is 1. The first-order chi connectivity index (χ1) is 18.1. The number of rotatable bonds is 11. The zero-order chi connectivity index (χ0) is 27.9. The van der Waals surface area contributed by atoms with Crippen LogP contribution in [0.5, 0.6) is 5.75 Å². The molecule has 2 amide bonds. The Morgan fingerprint density at radius 3 is 2.29 bits per heavy atom.